The summed E-state index contributed by atoms with van der Waals surface area (Å²) in [5, 5.41) is 0. The van der Waals surface area contributed by atoms with E-state index in [0.717, 1.165) is 31.5 Å². The lowest BCUT2D eigenvalue weighted by atomic mass is 9.97. The van der Waals surface area contributed by atoms with Gasteiger partial charge in [-0.25, -0.2) is 8.78 Å². The first-order valence-electron chi connectivity index (χ1n) is 9.94. The molecule has 0 spiro atoms. The number of hydrogen-bond acceptors (Lipinski definition) is 3. The van der Waals surface area contributed by atoms with Crippen molar-refractivity contribution in [2.45, 2.75) is 25.0 Å². The summed E-state index contributed by atoms with van der Waals surface area (Å²) in [7, 11) is 0. The van der Waals surface area contributed by atoms with Gasteiger partial charge in [-0.1, -0.05) is 30.3 Å². The van der Waals surface area contributed by atoms with E-state index >= 15 is 0 Å². The van der Waals surface area contributed by atoms with Crippen LogP contribution in [0.5, 0.6) is 11.5 Å². The number of rotatable bonds is 3. The predicted octanol–water partition coefficient (Wildman–Crippen LogP) is 5.63. The highest BCUT2D eigenvalue weighted by Gasteiger charge is 2.46. The Balaban J connectivity index is 1.59. The second kappa shape index (κ2) is 7.07. The number of ether oxygens (including phenoxy) is 2. The summed E-state index contributed by atoms with van der Waals surface area (Å²) in [6.07, 6.45) is 3.28. The number of halogens is 2. The summed E-state index contributed by atoms with van der Waals surface area (Å²) >= 11 is 0. The van der Waals surface area contributed by atoms with Crippen molar-refractivity contribution in [2.75, 3.05) is 18.0 Å². The highest BCUT2D eigenvalue weighted by molar-refractivity contribution is 5.60. The van der Waals surface area contributed by atoms with Crippen molar-refractivity contribution in [3.63, 3.8) is 0 Å². The average molecular weight is 393 g/mol. The van der Waals surface area contributed by atoms with Crippen LogP contribution in [0.3, 0.4) is 0 Å². The summed E-state index contributed by atoms with van der Waals surface area (Å²) in [5.74, 6) is -1.12. The normalized spacial score (nSPS) is 20.7. The minimum atomic E-state index is -1.29. The van der Waals surface area contributed by atoms with E-state index < -0.39 is 5.79 Å². The molecule has 3 aromatic rings. The first kappa shape index (κ1) is 18.0. The number of piperidine rings is 1. The molecule has 0 aromatic heterocycles. The van der Waals surface area contributed by atoms with Crippen molar-refractivity contribution in [2.24, 2.45) is 0 Å². The molecule has 0 bridgehead atoms. The molecule has 2 heterocycles. The van der Waals surface area contributed by atoms with Gasteiger partial charge in [-0.15, -0.1) is 0 Å². The molecule has 5 heteroatoms. The summed E-state index contributed by atoms with van der Waals surface area (Å²) in [6.45, 7) is 1.66. The SMILES string of the molecule is Fc1ccc(C2(c3ccccc3)Oc3cc(F)c(N4CCCCC4)cc3O2)cc1. The van der Waals surface area contributed by atoms with Crippen LogP contribution in [0.25, 0.3) is 0 Å². The zero-order valence-corrected chi connectivity index (χ0v) is 15.9. The quantitative estimate of drug-likeness (QED) is 0.576. The van der Waals surface area contributed by atoms with Gasteiger partial charge < -0.3 is 14.4 Å². The lowest BCUT2D eigenvalue weighted by molar-refractivity contribution is -0.0459. The van der Waals surface area contributed by atoms with Crippen LogP contribution in [-0.4, -0.2) is 13.1 Å². The fraction of sp³-hybridized carbons (Fsp3) is 0.250. The summed E-state index contributed by atoms with van der Waals surface area (Å²) in [5.41, 5.74) is 1.93. The second-order valence-electron chi connectivity index (χ2n) is 7.49. The van der Waals surface area contributed by atoms with Crippen molar-refractivity contribution in [1.29, 1.82) is 0 Å². The third-order valence-electron chi connectivity index (χ3n) is 5.60. The van der Waals surface area contributed by atoms with Crippen LogP contribution in [0, 0.1) is 11.6 Å². The van der Waals surface area contributed by atoms with Crippen molar-refractivity contribution < 1.29 is 18.3 Å². The van der Waals surface area contributed by atoms with Crippen molar-refractivity contribution in [3.8, 4) is 11.5 Å². The van der Waals surface area contributed by atoms with E-state index in [1.54, 1.807) is 18.2 Å². The van der Waals surface area contributed by atoms with E-state index in [0.29, 0.717) is 22.7 Å². The highest BCUT2D eigenvalue weighted by Crippen LogP contribution is 2.49. The monoisotopic (exact) mass is 393 g/mol. The minimum Gasteiger partial charge on any atom is -0.440 e. The highest BCUT2D eigenvalue weighted by atomic mass is 19.1. The Kier molecular flexibility index (Phi) is 4.38. The third-order valence-corrected chi connectivity index (χ3v) is 5.60. The molecule has 1 saturated heterocycles. The zero-order chi connectivity index (χ0) is 19.8. The number of benzene rings is 3. The Morgan fingerprint density at radius 3 is 2.03 bits per heavy atom. The summed E-state index contributed by atoms with van der Waals surface area (Å²) in [6, 6.07) is 18.6. The molecule has 2 aliphatic rings. The topological polar surface area (TPSA) is 21.7 Å². The van der Waals surface area contributed by atoms with Crippen LogP contribution in [0.1, 0.15) is 30.4 Å². The molecule has 0 amide bonds. The van der Waals surface area contributed by atoms with E-state index in [1.165, 1.54) is 24.6 Å². The number of nitrogens with zero attached hydrogens (tertiary/aromatic N) is 1. The zero-order valence-electron chi connectivity index (χ0n) is 15.9. The smallest absolute Gasteiger partial charge is 0.305 e. The van der Waals surface area contributed by atoms with Gasteiger partial charge >= 0.3 is 5.79 Å². The Labute approximate surface area is 168 Å². The van der Waals surface area contributed by atoms with Gasteiger partial charge in [0, 0.05) is 36.3 Å². The molecule has 2 aliphatic heterocycles. The van der Waals surface area contributed by atoms with Gasteiger partial charge in [-0.3, -0.25) is 0 Å². The van der Waals surface area contributed by atoms with Gasteiger partial charge in [-0.2, -0.15) is 0 Å². The maximum Gasteiger partial charge on any atom is 0.305 e. The second-order valence-corrected chi connectivity index (χ2v) is 7.49. The fourth-order valence-electron chi connectivity index (χ4n) is 4.12. The average Bonchev–Trinajstić information content (AvgIpc) is 3.14. The van der Waals surface area contributed by atoms with Gasteiger partial charge in [0.25, 0.3) is 0 Å². The van der Waals surface area contributed by atoms with Gasteiger partial charge in [0.05, 0.1) is 5.69 Å². The van der Waals surface area contributed by atoms with Gasteiger partial charge in [0.2, 0.25) is 0 Å². The first-order chi connectivity index (χ1) is 14.2. The molecule has 1 atom stereocenters. The molecule has 0 saturated carbocycles. The van der Waals surface area contributed by atoms with Crippen molar-refractivity contribution in [3.05, 3.63) is 89.5 Å². The Hall–Kier alpha value is -3.08. The summed E-state index contributed by atoms with van der Waals surface area (Å²) < 4.78 is 41.0. The molecule has 3 nitrogen and oxygen atoms in total. The Morgan fingerprint density at radius 1 is 0.724 bits per heavy atom. The molecule has 1 unspecified atom stereocenters. The van der Waals surface area contributed by atoms with Gasteiger partial charge in [-0.05, 0) is 43.5 Å². The number of anilines is 1. The Bertz CT molecular complexity index is 1020. The van der Waals surface area contributed by atoms with Crippen LogP contribution < -0.4 is 14.4 Å². The number of hydrogen-bond donors (Lipinski definition) is 0. The maximum absolute atomic E-state index is 14.9. The fourth-order valence-corrected chi connectivity index (χ4v) is 4.12. The van der Waals surface area contributed by atoms with Crippen LogP contribution in [0.4, 0.5) is 14.5 Å². The van der Waals surface area contributed by atoms with Gasteiger partial charge in [0.15, 0.2) is 11.5 Å². The molecule has 5 rings (SSSR count). The van der Waals surface area contributed by atoms with E-state index in [-0.39, 0.29) is 11.6 Å². The standard InChI is InChI=1S/C24H21F2NO2/c25-19-11-9-18(10-12-19)24(17-7-3-1-4-8-17)28-22-15-20(26)21(16-23(22)29-24)27-13-5-2-6-14-27/h1,3-4,7-12,15-16H,2,5-6,13-14H2. The van der Waals surface area contributed by atoms with E-state index in [4.69, 9.17) is 9.47 Å². The molecule has 148 valence electrons. The van der Waals surface area contributed by atoms with Crippen LogP contribution in [0.2, 0.25) is 0 Å². The van der Waals surface area contributed by atoms with Crippen LogP contribution >= 0.6 is 0 Å². The van der Waals surface area contributed by atoms with Crippen molar-refractivity contribution in [1.82, 2.24) is 0 Å². The van der Waals surface area contributed by atoms with E-state index in [2.05, 4.69) is 4.90 Å². The van der Waals surface area contributed by atoms with E-state index in [9.17, 15) is 8.78 Å². The number of fused-ring (bicyclic) bond motifs is 1. The molecule has 0 radical (unpaired) electrons. The van der Waals surface area contributed by atoms with Crippen LogP contribution in [0.15, 0.2) is 66.7 Å². The first-order valence-corrected chi connectivity index (χ1v) is 9.94. The van der Waals surface area contributed by atoms with Crippen LogP contribution in [-0.2, 0) is 5.79 Å². The summed E-state index contributed by atoms with van der Waals surface area (Å²) in [4.78, 5) is 2.06. The molecule has 0 aliphatic carbocycles. The molecule has 3 aromatic carbocycles. The molecule has 29 heavy (non-hydrogen) atoms. The predicted molar refractivity (Wildman–Crippen MR) is 107 cm³/mol. The largest absolute Gasteiger partial charge is 0.440 e. The third kappa shape index (κ3) is 3.11. The lowest BCUT2D eigenvalue weighted by Crippen LogP contribution is -2.36. The molecular formula is C24H21F2NO2. The Morgan fingerprint density at radius 2 is 1.34 bits per heavy atom. The molecular weight excluding hydrogens is 372 g/mol. The lowest BCUT2D eigenvalue weighted by Gasteiger charge is -2.29. The minimum absolute atomic E-state index is 0.322. The molecule has 1 fully saturated rings. The molecule has 0 N–H and O–H groups in total. The maximum atomic E-state index is 14.9. The van der Waals surface area contributed by atoms with Crippen molar-refractivity contribution >= 4 is 5.69 Å². The van der Waals surface area contributed by atoms with E-state index in [1.807, 2.05) is 30.3 Å². The van der Waals surface area contributed by atoms with Gasteiger partial charge in [0.1, 0.15) is 11.6 Å².